The molecule has 0 bridgehead atoms. The summed E-state index contributed by atoms with van der Waals surface area (Å²) in [5.74, 6) is 0.817. The molecule has 4 heteroatoms. The Balaban J connectivity index is 2.29. The third-order valence-corrected chi connectivity index (χ3v) is 2.54. The minimum Gasteiger partial charge on any atom is -0.497 e. The van der Waals surface area contributed by atoms with E-state index in [0.717, 1.165) is 16.9 Å². The van der Waals surface area contributed by atoms with E-state index in [1.165, 1.54) is 0 Å². The van der Waals surface area contributed by atoms with Crippen LogP contribution >= 0.6 is 0 Å². The predicted molar refractivity (Wildman–Crippen MR) is 62.2 cm³/mol. The molecule has 0 aliphatic carbocycles. The van der Waals surface area contributed by atoms with Crippen LogP contribution in [-0.2, 0) is 7.05 Å². The molecule has 0 fully saturated rings. The van der Waals surface area contributed by atoms with Gasteiger partial charge in [-0.05, 0) is 17.7 Å². The van der Waals surface area contributed by atoms with Crippen molar-refractivity contribution >= 4 is 0 Å². The van der Waals surface area contributed by atoms with Crippen LogP contribution in [0.4, 0.5) is 0 Å². The molecule has 4 nitrogen and oxygen atoms in total. The van der Waals surface area contributed by atoms with Crippen LogP contribution < -0.4 is 10.5 Å². The molecule has 1 heterocycles. The lowest BCUT2D eigenvalue weighted by Crippen LogP contribution is -2.11. The summed E-state index contributed by atoms with van der Waals surface area (Å²) in [6.45, 7) is 0. The van der Waals surface area contributed by atoms with Crippen molar-refractivity contribution in [2.24, 2.45) is 12.8 Å². The third-order valence-electron chi connectivity index (χ3n) is 2.54. The van der Waals surface area contributed by atoms with Crippen molar-refractivity contribution in [1.29, 1.82) is 0 Å². The average Bonchev–Trinajstić information content (AvgIpc) is 2.75. The molecule has 1 aromatic carbocycles. The van der Waals surface area contributed by atoms with Gasteiger partial charge in [0.25, 0.3) is 0 Å². The summed E-state index contributed by atoms with van der Waals surface area (Å²) in [5, 5.41) is 4.11. The first kappa shape index (κ1) is 10.7. The van der Waals surface area contributed by atoms with Gasteiger partial charge < -0.3 is 10.5 Å². The van der Waals surface area contributed by atoms with Crippen molar-refractivity contribution < 1.29 is 4.74 Å². The number of hydrogen-bond donors (Lipinski definition) is 1. The Morgan fingerprint density at radius 1 is 1.38 bits per heavy atom. The summed E-state index contributed by atoms with van der Waals surface area (Å²) < 4.78 is 6.92. The Morgan fingerprint density at radius 2 is 2.19 bits per heavy atom. The molecule has 0 amide bonds. The fraction of sp³-hybridized carbons (Fsp3) is 0.250. The zero-order valence-corrected chi connectivity index (χ0v) is 9.42. The van der Waals surface area contributed by atoms with Crippen molar-refractivity contribution in [1.82, 2.24) is 9.78 Å². The van der Waals surface area contributed by atoms with Crippen LogP contribution in [0.5, 0.6) is 5.75 Å². The standard InChI is InChI=1S/C12H15N3O/c1-15-8-10(7-14-15)12(13)9-4-3-5-11(6-9)16-2/h3-8,12H,13H2,1-2H3. The van der Waals surface area contributed by atoms with E-state index in [1.54, 1.807) is 18.0 Å². The SMILES string of the molecule is COc1cccc(C(N)c2cnn(C)c2)c1. The Bertz CT molecular complexity index is 479. The van der Waals surface area contributed by atoms with Crippen molar-refractivity contribution in [2.45, 2.75) is 6.04 Å². The number of nitrogens with zero attached hydrogens (tertiary/aromatic N) is 2. The van der Waals surface area contributed by atoms with E-state index >= 15 is 0 Å². The van der Waals surface area contributed by atoms with Crippen LogP contribution in [0, 0.1) is 0 Å². The van der Waals surface area contributed by atoms with Crippen molar-refractivity contribution in [2.75, 3.05) is 7.11 Å². The van der Waals surface area contributed by atoms with E-state index in [0.29, 0.717) is 0 Å². The first-order valence-electron chi connectivity index (χ1n) is 5.09. The van der Waals surface area contributed by atoms with E-state index in [-0.39, 0.29) is 6.04 Å². The van der Waals surface area contributed by atoms with Gasteiger partial charge in [0.2, 0.25) is 0 Å². The molecule has 2 rings (SSSR count). The highest BCUT2D eigenvalue weighted by Crippen LogP contribution is 2.22. The highest BCUT2D eigenvalue weighted by atomic mass is 16.5. The maximum atomic E-state index is 6.14. The zero-order chi connectivity index (χ0) is 11.5. The largest absolute Gasteiger partial charge is 0.497 e. The van der Waals surface area contributed by atoms with E-state index in [2.05, 4.69) is 5.10 Å². The maximum Gasteiger partial charge on any atom is 0.119 e. The van der Waals surface area contributed by atoms with Crippen LogP contribution in [0.3, 0.4) is 0 Å². The number of benzene rings is 1. The molecule has 1 aromatic heterocycles. The fourth-order valence-corrected chi connectivity index (χ4v) is 1.63. The van der Waals surface area contributed by atoms with Gasteiger partial charge in [0.1, 0.15) is 5.75 Å². The molecule has 16 heavy (non-hydrogen) atoms. The summed E-state index contributed by atoms with van der Waals surface area (Å²) in [5.41, 5.74) is 8.16. The number of hydrogen-bond acceptors (Lipinski definition) is 3. The molecule has 0 saturated heterocycles. The first-order valence-corrected chi connectivity index (χ1v) is 5.09. The second-order valence-corrected chi connectivity index (χ2v) is 3.70. The normalized spacial score (nSPS) is 12.4. The maximum absolute atomic E-state index is 6.14. The first-order chi connectivity index (χ1) is 7.70. The van der Waals surface area contributed by atoms with Crippen molar-refractivity contribution in [3.05, 3.63) is 47.8 Å². The molecule has 0 spiro atoms. The summed E-state index contributed by atoms with van der Waals surface area (Å²) in [6.07, 6.45) is 3.70. The van der Waals surface area contributed by atoms with Crippen molar-refractivity contribution in [3.63, 3.8) is 0 Å². The van der Waals surface area contributed by atoms with Gasteiger partial charge in [-0.15, -0.1) is 0 Å². The minimum absolute atomic E-state index is 0.163. The molecule has 1 unspecified atom stereocenters. The van der Waals surface area contributed by atoms with Gasteiger partial charge in [-0.2, -0.15) is 5.10 Å². The summed E-state index contributed by atoms with van der Waals surface area (Å²) in [7, 11) is 3.52. The number of aromatic nitrogens is 2. The van der Waals surface area contributed by atoms with Gasteiger partial charge in [0, 0.05) is 18.8 Å². The second-order valence-electron chi connectivity index (χ2n) is 3.70. The number of nitrogens with two attached hydrogens (primary N) is 1. The fourth-order valence-electron chi connectivity index (χ4n) is 1.63. The van der Waals surface area contributed by atoms with Gasteiger partial charge in [0.05, 0.1) is 19.3 Å². The van der Waals surface area contributed by atoms with Crippen LogP contribution in [0.25, 0.3) is 0 Å². The Hall–Kier alpha value is -1.81. The van der Waals surface area contributed by atoms with Gasteiger partial charge >= 0.3 is 0 Å². The molecule has 0 radical (unpaired) electrons. The van der Waals surface area contributed by atoms with Gasteiger partial charge in [-0.1, -0.05) is 12.1 Å². The molecule has 0 saturated carbocycles. The lowest BCUT2D eigenvalue weighted by atomic mass is 10.0. The van der Waals surface area contributed by atoms with Gasteiger partial charge in [0.15, 0.2) is 0 Å². The summed E-state index contributed by atoms with van der Waals surface area (Å²) in [4.78, 5) is 0. The summed E-state index contributed by atoms with van der Waals surface area (Å²) in [6, 6.07) is 7.60. The Kier molecular flexibility index (Phi) is 2.92. The molecule has 84 valence electrons. The number of ether oxygens (including phenoxy) is 1. The molecule has 0 aliphatic rings. The molecular formula is C12H15N3O. The van der Waals surface area contributed by atoms with E-state index in [4.69, 9.17) is 10.5 Å². The molecule has 1 atom stereocenters. The topological polar surface area (TPSA) is 53.1 Å². The number of rotatable bonds is 3. The quantitative estimate of drug-likeness (QED) is 0.847. The van der Waals surface area contributed by atoms with Crippen LogP contribution in [0.15, 0.2) is 36.7 Å². The van der Waals surface area contributed by atoms with E-state index in [9.17, 15) is 0 Å². The van der Waals surface area contributed by atoms with Gasteiger partial charge in [-0.25, -0.2) is 0 Å². The van der Waals surface area contributed by atoms with Crippen LogP contribution in [-0.4, -0.2) is 16.9 Å². The highest BCUT2D eigenvalue weighted by Gasteiger charge is 2.11. The predicted octanol–water partition coefficient (Wildman–Crippen LogP) is 1.48. The Labute approximate surface area is 94.6 Å². The van der Waals surface area contributed by atoms with Crippen LogP contribution in [0.1, 0.15) is 17.2 Å². The van der Waals surface area contributed by atoms with E-state index < -0.39 is 0 Å². The molecule has 2 N–H and O–H groups in total. The Morgan fingerprint density at radius 3 is 2.81 bits per heavy atom. The average molecular weight is 217 g/mol. The second kappa shape index (κ2) is 4.37. The van der Waals surface area contributed by atoms with Crippen molar-refractivity contribution in [3.8, 4) is 5.75 Å². The third kappa shape index (κ3) is 2.06. The molecule has 2 aromatic rings. The molecular weight excluding hydrogens is 202 g/mol. The monoisotopic (exact) mass is 217 g/mol. The lowest BCUT2D eigenvalue weighted by Gasteiger charge is -2.10. The van der Waals surface area contributed by atoms with Gasteiger partial charge in [-0.3, -0.25) is 4.68 Å². The smallest absolute Gasteiger partial charge is 0.119 e. The number of aryl methyl sites for hydroxylation is 1. The highest BCUT2D eigenvalue weighted by molar-refractivity contribution is 5.34. The zero-order valence-electron chi connectivity index (χ0n) is 9.42. The number of methoxy groups -OCH3 is 1. The molecule has 0 aliphatic heterocycles. The lowest BCUT2D eigenvalue weighted by molar-refractivity contribution is 0.414. The summed E-state index contributed by atoms with van der Waals surface area (Å²) >= 11 is 0. The van der Waals surface area contributed by atoms with Crippen LogP contribution in [0.2, 0.25) is 0 Å². The minimum atomic E-state index is -0.163. The van der Waals surface area contributed by atoms with E-state index in [1.807, 2.05) is 37.5 Å².